The number of hydrogen-bond acceptors (Lipinski definition) is 4. The molecule has 1 aromatic carbocycles. The van der Waals surface area contributed by atoms with Crippen LogP contribution in [0.25, 0.3) is 0 Å². The van der Waals surface area contributed by atoms with E-state index in [-0.39, 0.29) is 17.1 Å². The second-order valence-corrected chi connectivity index (χ2v) is 3.79. The van der Waals surface area contributed by atoms with E-state index in [0.29, 0.717) is 6.54 Å². The molecule has 0 radical (unpaired) electrons. The maximum Gasteiger partial charge on any atom is 0.292 e. The zero-order chi connectivity index (χ0) is 13.8. The van der Waals surface area contributed by atoms with Crippen LogP contribution in [-0.4, -0.2) is 20.6 Å². The third kappa shape index (κ3) is 2.76. The fraction of sp³-hybridized carbons (Fsp3) is 0.167. The number of anilines is 1. The zero-order valence-electron chi connectivity index (χ0n) is 10.2. The molecule has 0 saturated carbocycles. The molecule has 1 N–H and O–H groups in total. The fourth-order valence-electron chi connectivity index (χ4n) is 1.58. The highest BCUT2D eigenvalue weighted by Gasteiger charge is 2.16. The van der Waals surface area contributed by atoms with E-state index >= 15 is 0 Å². The molecule has 0 unspecified atom stereocenters. The standard InChI is InChI=1S/C12H12N4O3/c1-2-15-8-7-10(14-15)12(17)13-9-5-3-4-6-11(9)16(18)19/h3-8H,2H2,1H3,(H,13,17). The Hall–Kier alpha value is -2.70. The number of aromatic nitrogens is 2. The van der Waals surface area contributed by atoms with E-state index in [4.69, 9.17) is 0 Å². The number of rotatable bonds is 4. The van der Waals surface area contributed by atoms with Gasteiger partial charge in [-0.25, -0.2) is 0 Å². The van der Waals surface area contributed by atoms with Gasteiger partial charge in [0.05, 0.1) is 4.92 Å². The molecular weight excluding hydrogens is 248 g/mol. The Balaban J connectivity index is 2.21. The molecule has 7 nitrogen and oxygen atoms in total. The van der Waals surface area contributed by atoms with Crippen molar-refractivity contribution in [2.75, 3.05) is 5.32 Å². The first-order valence-corrected chi connectivity index (χ1v) is 5.70. The summed E-state index contributed by atoms with van der Waals surface area (Å²) in [5.41, 5.74) is 0.231. The average molecular weight is 260 g/mol. The number of nitro groups is 1. The number of carbonyl (C=O) groups is 1. The topological polar surface area (TPSA) is 90.1 Å². The summed E-state index contributed by atoms with van der Waals surface area (Å²) < 4.78 is 1.61. The molecule has 7 heteroatoms. The van der Waals surface area contributed by atoms with Crippen molar-refractivity contribution in [1.82, 2.24) is 9.78 Å². The number of hydrogen-bond donors (Lipinski definition) is 1. The summed E-state index contributed by atoms with van der Waals surface area (Å²) in [6.45, 7) is 2.55. The van der Waals surface area contributed by atoms with Gasteiger partial charge in [-0.2, -0.15) is 5.10 Å². The minimum absolute atomic E-state index is 0.147. The minimum Gasteiger partial charge on any atom is -0.315 e. The molecular formula is C12H12N4O3. The van der Waals surface area contributed by atoms with Crippen LogP contribution in [0.15, 0.2) is 36.5 Å². The summed E-state index contributed by atoms with van der Waals surface area (Å²) >= 11 is 0. The lowest BCUT2D eigenvalue weighted by molar-refractivity contribution is -0.383. The van der Waals surface area contributed by atoms with Crippen LogP contribution in [0.1, 0.15) is 17.4 Å². The van der Waals surface area contributed by atoms with E-state index in [2.05, 4.69) is 10.4 Å². The molecule has 19 heavy (non-hydrogen) atoms. The molecule has 2 aromatic rings. The Morgan fingerprint density at radius 2 is 2.16 bits per heavy atom. The number of benzene rings is 1. The minimum atomic E-state index is -0.541. The first-order valence-electron chi connectivity index (χ1n) is 5.70. The Labute approximate surface area is 109 Å². The van der Waals surface area contributed by atoms with Crippen LogP contribution in [0.3, 0.4) is 0 Å². The van der Waals surface area contributed by atoms with Gasteiger partial charge >= 0.3 is 0 Å². The van der Waals surface area contributed by atoms with Crippen molar-refractivity contribution >= 4 is 17.3 Å². The first kappa shape index (κ1) is 12.7. The number of nitrogens with zero attached hydrogens (tertiary/aromatic N) is 3. The molecule has 0 aliphatic carbocycles. The van der Waals surface area contributed by atoms with Gasteiger partial charge in [0.1, 0.15) is 5.69 Å². The van der Waals surface area contributed by atoms with Crippen molar-refractivity contribution in [3.63, 3.8) is 0 Å². The summed E-state index contributed by atoms with van der Waals surface area (Å²) in [5.74, 6) is -0.471. The maximum absolute atomic E-state index is 11.9. The van der Waals surface area contributed by atoms with Crippen molar-refractivity contribution in [2.24, 2.45) is 0 Å². The lowest BCUT2D eigenvalue weighted by atomic mass is 10.2. The number of nitro benzene ring substituents is 1. The molecule has 0 fully saturated rings. The zero-order valence-corrected chi connectivity index (χ0v) is 10.2. The molecule has 0 aliphatic heterocycles. The normalized spacial score (nSPS) is 10.2. The van der Waals surface area contributed by atoms with Gasteiger partial charge in [0, 0.05) is 18.8 Å². The smallest absolute Gasteiger partial charge is 0.292 e. The molecule has 0 spiro atoms. The van der Waals surface area contributed by atoms with Crippen LogP contribution in [-0.2, 0) is 6.54 Å². The summed E-state index contributed by atoms with van der Waals surface area (Å²) in [6, 6.07) is 7.54. The average Bonchev–Trinajstić information content (AvgIpc) is 2.88. The van der Waals surface area contributed by atoms with Crippen LogP contribution in [0, 0.1) is 10.1 Å². The fourth-order valence-corrected chi connectivity index (χ4v) is 1.58. The van der Waals surface area contributed by atoms with Crippen LogP contribution in [0.2, 0.25) is 0 Å². The van der Waals surface area contributed by atoms with E-state index in [9.17, 15) is 14.9 Å². The van der Waals surface area contributed by atoms with Crippen LogP contribution in [0.4, 0.5) is 11.4 Å². The summed E-state index contributed by atoms with van der Waals surface area (Å²) in [4.78, 5) is 22.2. The predicted octanol–water partition coefficient (Wildman–Crippen LogP) is 2.06. The molecule has 1 aromatic heterocycles. The molecule has 2 rings (SSSR count). The molecule has 98 valence electrons. The molecule has 0 bridgehead atoms. The van der Waals surface area contributed by atoms with E-state index in [1.807, 2.05) is 6.92 Å². The van der Waals surface area contributed by atoms with Gasteiger partial charge in [0.2, 0.25) is 0 Å². The van der Waals surface area contributed by atoms with Crippen molar-refractivity contribution < 1.29 is 9.72 Å². The summed E-state index contributed by atoms with van der Waals surface area (Å²) in [7, 11) is 0. The second kappa shape index (κ2) is 5.30. The van der Waals surface area contributed by atoms with Gasteiger partial charge in [-0.05, 0) is 19.1 Å². The summed E-state index contributed by atoms with van der Waals surface area (Å²) in [6.07, 6.45) is 1.67. The van der Waals surface area contributed by atoms with Gasteiger partial charge in [-0.1, -0.05) is 12.1 Å². The molecule has 0 atom stereocenters. The van der Waals surface area contributed by atoms with Crippen LogP contribution < -0.4 is 5.32 Å². The first-order chi connectivity index (χ1) is 9.11. The van der Waals surface area contributed by atoms with Crippen LogP contribution >= 0.6 is 0 Å². The Bertz CT molecular complexity index is 621. The largest absolute Gasteiger partial charge is 0.315 e. The van der Waals surface area contributed by atoms with Crippen molar-refractivity contribution in [3.05, 3.63) is 52.3 Å². The molecule has 1 amide bonds. The van der Waals surface area contributed by atoms with Gasteiger partial charge in [-0.3, -0.25) is 19.6 Å². The molecule has 1 heterocycles. The highest BCUT2D eigenvalue weighted by Crippen LogP contribution is 2.23. The molecule has 0 saturated heterocycles. The van der Waals surface area contributed by atoms with Crippen LogP contribution in [0.5, 0.6) is 0 Å². The van der Waals surface area contributed by atoms with E-state index in [1.54, 1.807) is 29.1 Å². The predicted molar refractivity (Wildman–Crippen MR) is 69.0 cm³/mol. The monoisotopic (exact) mass is 260 g/mol. The highest BCUT2D eigenvalue weighted by atomic mass is 16.6. The lowest BCUT2D eigenvalue weighted by Gasteiger charge is -2.03. The quantitative estimate of drug-likeness (QED) is 0.673. The number of amides is 1. The lowest BCUT2D eigenvalue weighted by Crippen LogP contribution is -2.14. The Morgan fingerprint density at radius 1 is 1.42 bits per heavy atom. The van der Waals surface area contributed by atoms with E-state index in [1.165, 1.54) is 12.1 Å². The van der Waals surface area contributed by atoms with Crippen molar-refractivity contribution in [1.29, 1.82) is 0 Å². The Morgan fingerprint density at radius 3 is 2.79 bits per heavy atom. The number of nitrogens with one attached hydrogen (secondary N) is 1. The van der Waals surface area contributed by atoms with Crippen molar-refractivity contribution in [2.45, 2.75) is 13.5 Å². The van der Waals surface area contributed by atoms with Gasteiger partial charge < -0.3 is 5.32 Å². The number of para-hydroxylation sites is 2. The van der Waals surface area contributed by atoms with Gasteiger partial charge in [-0.15, -0.1) is 0 Å². The SMILES string of the molecule is CCn1ccc(C(=O)Nc2ccccc2[N+](=O)[O-])n1. The van der Waals surface area contributed by atoms with E-state index < -0.39 is 10.8 Å². The third-order valence-electron chi connectivity index (χ3n) is 2.55. The maximum atomic E-state index is 11.9. The summed E-state index contributed by atoms with van der Waals surface area (Å²) in [5, 5.41) is 17.3. The Kier molecular flexibility index (Phi) is 3.56. The number of aryl methyl sites for hydroxylation is 1. The molecule has 0 aliphatic rings. The van der Waals surface area contributed by atoms with Gasteiger partial charge in [0.25, 0.3) is 11.6 Å². The van der Waals surface area contributed by atoms with E-state index in [0.717, 1.165) is 0 Å². The second-order valence-electron chi connectivity index (χ2n) is 3.79. The third-order valence-corrected chi connectivity index (χ3v) is 2.55. The van der Waals surface area contributed by atoms with Crippen molar-refractivity contribution in [3.8, 4) is 0 Å². The number of carbonyl (C=O) groups excluding carboxylic acids is 1. The highest BCUT2D eigenvalue weighted by molar-refractivity contribution is 6.04. The van der Waals surface area contributed by atoms with Gasteiger partial charge in [0.15, 0.2) is 5.69 Å².